The second kappa shape index (κ2) is 8.08. The second-order valence-electron chi connectivity index (χ2n) is 6.41. The van der Waals surface area contributed by atoms with Crippen molar-refractivity contribution in [2.75, 3.05) is 27.2 Å². The summed E-state index contributed by atoms with van der Waals surface area (Å²) in [6, 6.07) is 3.67. The fourth-order valence-electron chi connectivity index (χ4n) is 2.56. The highest BCUT2D eigenvalue weighted by Crippen LogP contribution is 2.20. The Morgan fingerprint density at radius 1 is 1.43 bits per heavy atom. The molecule has 6 nitrogen and oxygen atoms in total. The molecule has 23 heavy (non-hydrogen) atoms. The van der Waals surface area contributed by atoms with Gasteiger partial charge in [-0.15, -0.1) is 0 Å². The molecular formula is C17H27N5O. The molecule has 0 atom stereocenters. The highest BCUT2D eigenvalue weighted by Gasteiger charge is 2.11. The van der Waals surface area contributed by atoms with Crippen molar-refractivity contribution >= 4 is 0 Å². The lowest BCUT2D eigenvalue weighted by atomic mass is 10.1. The molecule has 0 aliphatic heterocycles. The first kappa shape index (κ1) is 17.4. The van der Waals surface area contributed by atoms with E-state index >= 15 is 0 Å². The van der Waals surface area contributed by atoms with Crippen LogP contribution in [0.3, 0.4) is 0 Å². The number of hydrogen-bond acceptors (Lipinski definition) is 4. The molecule has 0 spiro atoms. The van der Waals surface area contributed by atoms with Crippen LogP contribution in [0.4, 0.5) is 0 Å². The van der Waals surface area contributed by atoms with E-state index in [1.807, 2.05) is 25.5 Å². The third-order valence-corrected chi connectivity index (χ3v) is 3.75. The molecule has 2 aromatic rings. The lowest BCUT2D eigenvalue weighted by Gasteiger charge is -2.16. The molecule has 2 heterocycles. The van der Waals surface area contributed by atoms with Crippen LogP contribution in [0.5, 0.6) is 0 Å². The predicted octanol–water partition coefficient (Wildman–Crippen LogP) is 1.55. The van der Waals surface area contributed by atoms with Gasteiger partial charge in [0.15, 0.2) is 0 Å². The van der Waals surface area contributed by atoms with E-state index in [1.54, 1.807) is 10.6 Å². The first-order valence-corrected chi connectivity index (χ1v) is 8.07. The van der Waals surface area contributed by atoms with Gasteiger partial charge in [0.05, 0.1) is 11.9 Å². The highest BCUT2D eigenvalue weighted by atomic mass is 16.1. The van der Waals surface area contributed by atoms with Crippen LogP contribution in [-0.4, -0.2) is 46.8 Å². The maximum absolute atomic E-state index is 12.3. The van der Waals surface area contributed by atoms with Crippen LogP contribution in [0.2, 0.25) is 0 Å². The Bertz CT molecular complexity index is 674. The number of likely N-dealkylation sites (N-methyl/N-ethyl adjacent to an activating group) is 2. The van der Waals surface area contributed by atoms with Crippen LogP contribution < -0.4 is 10.9 Å². The van der Waals surface area contributed by atoms with Gasteiger partial charge in [0.2, 0.25) is 0 Å². The molecule has 0 aromatic carbocycles. The number of hydrogen-bond donors (Lipinski definition) is 2. The molecule has 0 radical (unpaired) electrons. The summed E-state index contributed by atoms with van der Waals surface area (Å²) in [5.41, 5.74) is 2.95. The summed E-state index contributed by atoms with van der Waals surface area (Å²) in [4.78, 5) is 14.5. The molecule has 0 unspecified atom stereocenters. The average molecular weight is 317 g/mol. The molecule has 6 heteroatoms. The van der Waals surface area contributed by atoms with Crippen molar-refractivity contribution < 1.29 is 0 Å². The summed E-state index contributed by atoms with van der Waals surface area (Å²) in [6.07, 6.45) is 3.71. The molecule has 0 bridgehead atoms. The molecule has 0 fully saturated rings. The number of pyridine rings is 1. The smallest absolute Gasteiger partial charge is 0.251 e. The summed E-state index contributed by atoms with van der Waals surface area (Å²) >= 11 is 0. The van der Waals surface area contributed by atoms with E-state index < -0.39 is 0 Å². The van der Waals surface area contributed by atoms with Gasteiger partial charge in [0.25, 0.3) is 5.56 Å². The first-order valence-electron chi connectivity index (χ1n) is 8.07. The predicted molar refractivity (Wildman–Crippen MR) is 93.4 cm³/mol. The monoisotopic (exact) mass is 317 g/mol. The lowest BCUT2D eigenvalue weighted by Crippen LogP contribution is -2.27. The second-order valence-corrected chi connectivity index (χ2v) is 6.41. The summed E-state index contributed by atoms with van der Waals surface area (Å²) in [6.45, 7) is 7.64. The number of rotatable bonds is 8. The molecule has 126 valence electrons. The third kappa shape index (κ3) is 4.77. The van der Waals surface area contributed by atoms with E-state index in [9.17, 15) is 4.79 Å². The maximum atomic E-state index is 12.3. The Labute approximate surface area is 137 Å². The molecule has 0 saturated heterocycles. The van der Waals surface area contributed by atoms with Gasteiger partial charge in [0.1, 0.15) is 0 Å². The van der Waals surface area contributed by atoms with Gasteiger partial charge < -0.3 is 14.8 Å². The standard InChI is InChI=1S/C17H27N5O/c1-13(2)11-22-7-5-14(9-16(22)23)17-15(10-19-20-17)12-21(4)8-6-18-3/h5,7,9-10,13,18H,6,8,11-12H2,1-4H3,(H,19,20). The molecule has 0 amide bonds. The van der Waals surface area contributed by atoms with Gasteiger partial charge in [0, 0.05) is 49.6 Å². The Morgan fingerprint density at radius 3 is 2.87 bits per heavy atom. The van der Waals surface area contributed by atoms with Gasteiger partial charge in [-0.25, -0.2) is 0 Å². The fraction of sp³-hybridized carbons (Fsp3) is 0.529. The van der Waals surface area contributed by atoms with E-state index in [-0.39, 0.29) is 5.56 Å². The van der Waals surface area contributed by atoms with Gasteiger partial charge in [-0.1, -0.05) is 13.8 Å². The van der Waals surface area contributed by atoms with Crippen molar-refractivity contribution in [2.24, 2.45) is 5.92 Å². The van der Waals surface area contributed by atoms with Crippen molar-refractivity contribution in [1.82, 2.24) is 25.0 Å². The number of aromatic nitrogens is 3. The van der Waals surface area contributed by atoms with Gasteiger partial charge >= 0.3 is 0 Å². The number of H-pyrrole nitrogens is 1. The van der Waals surface area contributed by atoms with Crippen molar-refractivity contribution in [3.63, 3.8) is 0 Å². The lowest BCUT2D eigenvalue weighted by molar-refractivity contribution is 0.328. The Balaban J connectivity index is 2.18. The molecule has 2 N–H and O–H groups in total. The van der Waals surface area contributed by atoms with E-state index in [4.69, 9.17) is 0 Å². The average Bonchev–Trinajstić information content (AvgIpc) is 2.95. The van der Waals surface area contributed by atoms with Gasteiger partial charge in [-0.2, -0.15) is 5.10 Å². The largest absolute Gasteiger partial charge is 0.318 e. The zero-order valence-corrected chi connectivity index (χ0v) is 14.5. The van der Waals surface area contributed by atoms with Crippen molar-refractivity contribution in [2.45, 2.75) is 26.9 Å². The quantitative estimate of drug-likeness (QED) is 0.775. The van der Waals surface area contributed by atoms with Crippen LogP contribution in [-0.2, 0) is 13.1 Å². The topological polar surface area (TPSA) is 66.0 Å². The normalized spacial score (nSPS) is 11.6. The molecule has 0 aliphatic rings. The Morgan fingerprint density at radius 2 is 2.22 bits per heavy atom. The molecule has 0 saturated carbocycles. The minimum Gasteiger partial charge on any atom is -0.318 e. The van der Waals surface area contributed by atoms with Crippen molar-refractivity contribution in [3.8, 4) is 11.3 Å². The number of aromatic amines is 1. The van der Waals surface area contributed by atoms with Gasteiger partial charge in [-0.3, -0.25) is 9.89 Å². The number of nitrogens with one attached hydrogen (secondary N) is 2. The summed E-state index contributed by atoms with van der Waals surface area (Å²) in [7, 11) is 4.03. The Hall–Kier alpha value is -1.92. The minimum atomic E-state index is 0.0280. The summed E-state index contributed by atoms with van der Waals surface area (Å²) in [5, 5.41) is 10.3. The fourth-order valence-corrected chi connectivity index (χ4v) is 2.56. The molecule has 0 aliphatic carbocycles. The molecular weight excluding hydrogens is 290 g/mol. The van der Waals surface area contributed by atoms with E-state index in [0.29, 0.717) is 5.92 Å². The molecule has 2 rings (SSSR count). The number of nitrogens with zero attached hydrogens (tertiary/aromatic N) is 3. The summed E-state index contributed by atoms with van der Waals surface area (Å²) < 4.78 is 1.75. The summed E-state index contributed by atoms with van der Waals surface area (Å²) in [5.74, 6) is 0.446. The van der Waals surface area contributed by atoms with Gasteiger partial charge in [-0.05, 0) is 26.1 Å². The highest BCUT2D eigenvalue weighted by molar-refractivity contribution is 5.61. The Kier molecular flexibility index (Phi) is 6.12. The van der Waals surface area contributed by atoms with Crippen LogP contribution in [0, 0.1) is 5.92 Å². The SMILES string of the molecule is CNCCN(C)Cc1cn[nH]c1-c1ccn(CC(C)C)c(=O)c1. The van der Waals surface area contributed by atoms with E-state index in [1.165, 1.54) is 0 Å². The first-order chi connectivity index (χ1) is 11.0. The van der Waals surface area contributed by atoms with E-state index in [2.05, 4.69) is 41.3 Å². The zero-order valence-electron chi connectivity index (χ0n) is 14.5. The zero-order chi connectivity index (χ0) is 16.8. The van der Waals surface area contributed by atoms with Crippen molar-refractivity contribution in [1.29, 1.82) is 0 Å². The molecule has 2 aromatic heterocycles. The van der Waals surface area contributed by atoms with Crippen LogP contribution in [0.15, 0.2) is 29.3 Å². The minimum absolute atomic E-state index is 0.0280. The van der Waals surface area contributed by atoms with E-state index in [0.717, 1.165) is 43.0 Å². The van der Waals surface area contributed by atoms with Crippen molar-refractivity contribution in [3.05, 3.63) is 40.4 Å². The van der Waals surface area contributed by atoms with Crippen LogP contribution >= 0.6 is 0 Å². The van der Waals surface area contributed by atoms with Crippen LogP contribution in [0.1, 0.15) is 19.4 Å². The maximum Gasteiger partial charge on any atom is 0.251 e. The third-order valence-electron chi connectivity index (χ3n) is 3.75. The van der Waals surface area contributed by atoms with Crippen LogP contribution in [0.25, 0.3) is 11.3 Å².